The van der Waals surface area contributed by atoms with Crippen molar-refractivity contribution in [3.8, 4) is 0 Å². The molecule has 2 N–H and O–H groups in total. The smallest absolute Gasteiger partial charge is 0.191 e. The van der Waals surface area contributed by atoms with Crippen molar-refractivity contribution in [3.63, 3.8) is 0 Å². The van der Waals surface area contributed by atoms with Crippen molar-refractivity contribution in [2.24, 2.45) is 10.7 Å². The Hall–Kier alpha value is -0.870. The molecule has 0 amide bonds. The molecule has 22 heavy (non-hydrogen) atoms. The summed E-state index contributed by atoms with van der Waals surface area (Å²) in [6.07, 6.45) is 1.21. The average molecular weight is 439 g/mol. The minimum atomic E-state index is -3.18. The zero-order valence-electron chi connectivity index (χ0n) is 12.8. The van der Waals surface area contributed by atoms with Crippen LogP contribution in [-0.4, -0.2) is 51.8 Å². The number of nitrogens with two attached hydrogens (primary N) is 1. The minimum absolute atomic E-state index is 0. The van der Waals surface area contributed by atoms with Crippen LogP contribution in [0, 0.1) is 6.92 Å². The number of guanidine groups is 1. The highest BCUT2D eigenvalue weighted by Crippen LogP contribution is 2.17. The number of benzene rings is 1. The van der Waals surface area contributed by atoms with Gasteiger partial charge in [0.2, 0.25) is 0 Å². The van der Waals surface area contributed by atoms with Crippen LogP contribution in [0.1, 0.15) is 11.1 Å². The lowest BCUT2D eigenvalue weighted by atomic mass is 10.1. The van der Waals surface area contributed by atoms with E-state index in [1.54, 1.807) is 19.1 Å². The van der Waals surface area contributed by atoms with E-state index in [4.69, 9.17) is 10.5 Å². The van der Waals surface area contributed by atoms with E-state index in [0.717, 1.165) is 24.2 Å². The first kappa shape index (κ1) is 19.2. The number of halogens is 1. The zero-order chi connectivity index (χ0) is 15.5. The maximum atomic E-state index is 11.6. The molecule has 1 aliphatic rings. The number of ether oxygens (including phenoxy) is 1. The van der Waals surface area contributed by atoms with Gasteiger partial charge in [-0.1, -0.05) is 12.1 Å². The van der Waals surface area contributed by atoms with E-state index in [0.29, 0.717) is 30.6 Å². The first-order valence-corrected chi connectivity index (χ1v) is 8.69. The number of hydrogen-bond donors (Lipinski definition) is 1. The number of sulfone groups is 1. The lowest BCUT2D eigenvalue weighted by Crippen LogP contribution is -2.44. The van der Waals surface area contributed by atoms with Gasteiger partial charge in [-0.3, -0.25) is 0 Å². The van der Waals surface area contributed by atoms with E-state index < -0.39 is 9.84 Å². The maximum Gasteiger partial charge on any atom is 0.191 e. The molecule has 0 aromatic heterocycles. The summed E-state index contributed by atoms with van der Waals surface area (Å²) in [7, 11) is -3.18. The van der Waals surface area contributed by atoms with Crippen LogP contribution in [0.3, 0.4) is 0 Å². The predicted molar refractivity (Wildman–Crippen MR) is 97.4 cm³/mol. The van der Waals surface area contributed by atoms with Gasteiger partial charge in [-0.15, -0.1) is 24.0 Å². The van der Waals surface area contributed by atoms with Crippen LogP contribution in [0.4, 0.5) is 0 Å². The first-order chi connectivity index (χ1) is 9.88. The number of morpholine rings is 1. The molecule has 2 rings (SSSR count). The Morgan fingerprint density at radius 1 is 1.36 bits per heavy atom. The van der Waals surface area contributed by atoms with Crippen molar-refractivity contribution in [2.75, 3.05) is 32.6 Å². The molecule has 1 heterocycles. The zero-order valence-corrected chi connectivity index (χ0v) is 15.9. The summed E-state index contributed by atoms with van der Waals surface area (Å²) >= 11 is 0. The average Bonchev–Trinajstić information content (AvgIpc) is 2.44. The molecule has 0 radical (unpaired) electrons. The van der Waals surface area contributed by atoms with Gasteiger partial charge in [-0.05, 0) is 24.1 Å². The second-order valence-corrected chi connectivity index (χ2v) is 7.13. The quantitative estimate of drug-likeness (QED) is 0.434. The molecular formula is C14H22IN3O3S. The number of nitrogens with zero attached hydrogens (tertiary/aromatic N) is 2. The Labute approximate surface area is 148 Å². The molecule has 1 fully saturated rings. The molecule has 0 saturated carbocycles. The Bertz CT molecular complexity index is 641. The Morgan fingerprint density at radius 2 is 2.00 bits per heavy atom. The van der Waals surface area contributed by atoms with Crippen molar-refractivity contribution in [2.45, 2.75) is 18.4 Å². The maximum absolute atomic E-state index is 11.6. The Kier molecular flexibility index (Phi) is 7.07. The highest BCUT2D eigenvalue weighted by atomic mass is 127. The summed E-state index contributed by atoms with van der Waals surface area (Å²) in [5, 5.41) is 0. The minimum Gasteiger partial charge on any atom is -0.378 e. The van der Waals surface area contributed by atoms with Crippen LogP contribution >= 0.6 is 24.0 Å². The predicted octanol–water partition coefficient (Wildman–Crippen LogP) is 1.16. The van der Waals surface area contributed by atoms with Gasteiger partial charge in [0.05, 0.1) is 24.7 Å². The Morgan fingerprint density at radius 3 is 2.55 bits per heavy atom. The van der Waals surface area contributed by atoms with Gasteiger partial charge in [0.15, 0.2) is 15.8 Å². The van der Waals surface area contributed by atoms with E-state index in [2.05, 4.69) is 4.99 Å². The SMILES string of the molecule is Cc1cc(CN=C(N)N2CCOCC2)ccc1S(C)(=O)=O.I. The van der Waals surface area contributed by atoms with E-state index in [1.807, 2.05) is 11.0 Å². The van der Waals surface area contributed by atoms with Crippen molar-refractivity contribution in [1.82, 2.24) is 4.90 Å². The van der Waals surface area contributed by atoms with Crippen molar-refractivity contribution in [3.05, 3.63) is 29.3 Å². The molecule has 0 bridgehead atoms. The standard InChI is InChI=1S/C14H21N3O3S.HI/c1-11-9-12(3-4-13(11)21(2,18)19)10-16-14(15)17-5-7-20-8-6-17;/h3-4,9H,5-8,10H2,1-2H3,(H2,15,16);1H. The fraction of sp³-hybridized carbons (Fsp3) is 0.500. The van der Waals surface area contributed by atoms with Crippen molar-refractivity contribution in [1.29, 1.82) is 0 Å². The molecule has 124 valence electrons. The lowest BCUT2D eigenvalue weighted by molar-refractivity contribution is 0.0674. The van der Waals surface area contributed by atoms with E-state index in [-0.39, 0.29) is 24.0 Å². The van der Waals surface area contributed by atoms with Gasteiger partial charge < -0.3 is 15.4 Å². The monoisotopic (exact) mass is 439 g/mol. The third-order valence-corrected chi connectivity index (χ3v) is 4.65. The second-order valence-electron chi connectivity index (χ2n) is 5.15. The number of aliphatic imine (C=N–C) groups is 1. The summed E-state index contributed by atoms with van der Waals surface area (Å²) < 4.78 is 28.4. The topological polar surface area (TPSA) is 85.0 Å². The molecule has 0 aliphatic carbocycles. The van der Waals surface area contributed by atoms with Crippen LogP contribution in [0.2, 0.25) is 0 Å². The summed E-state index contributed by atoms with van der Waals surface area (Å²) in [4.78, 5) is 6.71. The fourth-order valence-corrected chi connectivity index (χ4v) is 3.25. The molecule has 1 saturated heterocycles. The van der Waals surface area contributed by atoms with Gasteiger partial charge in [-0.25, -0.2) is 13.4 Å². The summed E-state index contributed by atoms with van der Waals surface area (Å²) in [5.74, 6) is 0.503. The van der Waals surface area contributed by atoms with Crippen molar-refractivity contribution >= 4 is 39.8 Å². The van der Waals surface area contributed by atoms with Gasteiger partial charge in [0.25, 0.3) is 0 Å². The van der Waals surface area contributed by atoms with E-state index >= 15 is 0 Å². The largest absolute Gasteiger partial charge is 0.378 e. The number of rotatable bonds is 3. The summed E-state index contributed by atoms with van der Waals surface area (Å²) in [5.41, 5.74) is 7.63. The van der Waals surface area contributed by atoms with Crippen LogP contribution in [0.5, 0.6) is 0 Å². The molecule has 0 unspecified atom stereocenters. The van der Waals surface area contributed by atoms with E-state index in [9.17, 15) is 8.42 Å². The molecule has 6 nitrogen and oxygen atoms in total. The molecule has 0 spiro atoms. The van der Waals surface area contributed by atoms with Crippen LogP contribution in [0.15, 0.2) is 28.1 Å². The Balaban J connectivity index is 0.00000242. The molecular weight excluding hydrogens is 417 g/mol. The van der Waals surface area contributed by atoms with Gasteiger partial charge in [0.1, 0.15) is 0 Å². The molecule has 1 aliphatic heterocycles. The number of hydrogen-bond acceptors (Lipinski definition) is 4. The molecule has 1 aromatic rings. The molecule has 0 atom stereocenters. The highest BCUT2D eigenvalue weighted by Gasteiger charge is 2.13. The van der Waals surface area contributed by atoms with Gasteiger partial charge >= 0.3 is 0 Å². The molecule has 8 heteroatoms. The van der Waals surface area contributed by atoms with Crippen LogP contribution in [-0.2, 0) is 21.1 Å². The summed E-state index contributed by atoms with van der Waals surface area (Å²) in [6.45, 7) is 5.06. The normalized spacial score (nSPS) is 16.3. The molecule has 1 aromatic carbocycles. The fourth-order valence-electron chi connectivity index (χ4n) is 2.29. The van der Waals surface area contributed by atoms with Gasteiger partial charge in [0, 0.05) is 19.3 Å². The second kappa shape index (κ2) is 8.11. The van der Waals surface area contributed by atoms with Crippen LogP contribution < -0.4 is 5.73 Å². The van der Waals surface area contributed by atoms with Crippen LogP contribution in [0.25, 0.3) is 0 Å². The first-order valence-electron chi connectivity index (χ1n) is 6.80. The van der Waals surface area contributed by atoms with Gasteiger partial charge in [-0.2, -0.15) is 0 Å². The third kappa shape index (κ3) is 5.10. The summed E-state index contributed by atoms with van der Waals surface area (Å²) in [6, 6.07) is 5.24. The third-order valence-electron chi connectivity index (χ3n) is 3.40. The lowest BCUT2D eigenvalue weighted by Gasteiger charge is -2.27. The number of aryl methyl sites for hydroxylation is 1. The van der Waals surface area contributed by atoms with E-state index in [1.165, 1.54) is 6.26 Å². The highest BCUT2D eigenvalue weighted by molar-refractivity contribution is 14.0. The van der Waals surface area contributed by atoms with Crippen molar-refractivity contribution < 1.29 is 13.2 Å².